The van der Waals surface area contributed by atoms with E-state index >= 15 is 0 Å². The van der Waals surface area contributed by atoms with Crippen LogP contribution in [0.15, 0.2) is 54.7 Å². The lowest BCUT2D eigenvalue weighted by Crippen LogP contribution is -2.22. The van der Waals surface area contributed by atoms with Gasteiger partial charge in [0.15, 0.2) is 0 Å². The Kier molecular flexibility index (Phi) is 4.99. The molecule has 1 heterocycles. The summed E-state index contributed by atoms with van der Waals surface area (Å²) in [6.07, 6.45) is -2.95. The highest BCUT2D eigenvalue weighted by molar-refractivity contribution is 6.31. The summed E-state index contributed by atoms with van der Waals surface area (Å²) in [7, 11) is 0. The van der Waals surface area contributed by atoms with Crippen molar-refractivity contribution in [1.82, 2.24) is 4.98 Å². The summed E-state index contributed by atoms with van der Waals surface area (Å²) in [5.74, 6) is -0.492. The molecule has 2 N–H and O–H groups in total. The molecule has 0 bridgehead atoms. The maximum Gasteiger partial charge on any atom is 0.417 e. The molecule has 0 aliphatic carbocycles. The smallest absolute Gasteiger partial charge is 0.374 e. The van der Waals surface area contributed by atoms with E-state index in [0.717, 1.165) is 17.5 Å². The molecule has 0 fully saturated rings. The average molecular weight is 380 g/mol. The number of anilines is 2. The Balaban J connectivity index is 1.70. The number of hydrogen-bond acceptors (Lipinski definition) is 3. The van der Waals surface area contributed by atoms with Crippen molar-refractivity contribution in [2.24, 2.45) is 0 Å². The molecule has 0 aliphatic heterocycles. The summed E-state index contributed by atoms with van der Waals surface area (Å²) in [4.78, 5) is 16.3. The summed E-state index contributed by atoms with van der Waals surface area (Å²) < 4.78 is 38.6. The maximum absolute atomic E-state index is 12.9. The molecule has 0 atom stereocenters. The third-order valence-electron chi connectivity index (χ3n) is 3.63. The highest BCUT2D eigenvalue weighted by Crippen LogP contribution is 2.36. The zero-order valence-electron chi connectivity index (χ0n) is 13.3. The summed E-state index contributed by atoms with van der Waals surface area (Å²) in [5.41, 5.74) is 0.381. The number of carbonyl (C=O) groups excluding carboxylic acids is 1. The van der Waals surface area contributed by atoms with Crippen molar-refractivity contribution in [3.05, 3.63) is 65.3 Å². The fourth-order valence-corrected chi connectivity index (χ4v) is 2.67. The highest BCUT2D eigenvalue weighted by atomic mass is 35.5. The lowest BCUT2D eigenvalue weighted by molar-refractivity contribution is -0.137. The van der Waals surface area contributed by atoms with E-state index in [1.54, 1.807) is 18.3 Å². The summed E-state index contributed by atoms with van der Waals surface area (Å²) in [5, 5.41) is 5.85. The normalized spacial score (nSPS) is 11.4. The first-order valence-corrected chi connectivity index (χ1v) is 7.96. The van der Waals surface area contributed by atoms with Gasteiger partial charge in [0.1, 0.15) is 0 Å². The predicted molar refractivity (Wildman–Crippen MR) is 95.3 cm³/mol. The maximum atomic E-state index is 12.9. The first-order chi connectivity index (χ1) is 12.3. The molecule has 0 radical (unpaired) electrons. The van der Waals surface area contributed by atoms with Crippen LogP contribution in [0.2, 0.25) is 5.02 Å². The molecule has 0 spiro atoms. The summed E-state index contributed by atoms with van der Waals surface area (Å²) in [6, 6.07) is 12.4. The van der Waals surface area contributed by atoms with Crippen LogP contribution in [0.4, 0.5) is 24.5 Å². The molecule has 0 aliphatic rings. The highest BCUT2D eigenvalue weighted by Gasteiger charge is 2.33. The number of hydrogen-bond donors (Lipinski definition) is 2. The van der Waals surface area contributed by atoms with E-state index in [2.05, 4.69) is 15.6 Å². The number of para-hydroxylation sites is 1. The van der Waals surface area contributed by atoms with Gasteiger partial charge >= 0.3 is 6.18 Å². The first-order valence-electron chi connectivity index (χ1n) is 7.59. The number of pyridine rings is 1. The van der Waals surface area contributed by atoms with Crippen LogP contribution in [0.3, 0.4) is 0 Å². The standard InChI is InChI=1S/C18H13ClF3N3O/c19-14-7-6-12(9-13(14)18(20,21)22)25-16(26)10-24-15-5-1-3-11-4-2-8-23-17(11)15/h1-9,24H,10H2,(H,25,26). The second kappa shape index (κ2) is 7.21. The molecular formula is C18H13ClF3N3O. The summed E-state index contributed by atoms with van der Waals surface area (Å²) in [6.45, 7) is -0.125. The minimum Gasteiger partial charge on any atom is -0.374 e. The number of nitrogens with zero attached hydrogens (tertiary/aromatic N) is 1. The van der Waals surface area contributed by atoms with E-state index in [1.807, 2.05) is 18.2 Å². The van der Waals surface area contributed by atoms with Crippen LogP contribution in [-0.2, 0) is 11.0 Å². The topological polar surface area (TPSA) is 54.0 Å². The van der Waals surface area contributed by atoms with Crippen molar-refractivity contribution in [1.29, 1.82) is 0 Å². The van der Waals surface area contributed by atoms with Crippen LogP contribution in [0.5, 0.6) is 0 Å². The number of alkyl halides is 3. The van der Waals surface area contributed by atoms with Crippen LogP contribution < -0.4 is 10.6 Å². The molecule has 2 aromatic carbocycles. The molecule has 134 valence electrons. The van der Waals surface area contributed by atoms with Crippen molar-refractivity contribution in [2.75, 3.05) is 17.2 Å². The summed E-state index contributed by atoms with van der Waals surface area (Å²) >= 11 is 5.56. The van der Waals surface area contributed by atoms with Crippen molar-refractivity contribution in [3.8, 4) is 0 Å². The Hall–Kier alpha value is -2.80. The largest absolute Gasteiger partial charge is 0.417 e. The van der Waals surface area contributed by atoms with Crippen molar-refractivity contribution in [3.63, 3.8) is 0 Å². The van der Waals surface area contributed by atoms with E-state index < -0.39 is 22.7 Å². The molecule has 0 saturated heterocycles. The van der Waals surface area contributed by atoms with Gasteiger partial charge in [-0.15, -0.1) is 0 Å². The Morgan fingerprint density at radius 3 is 2.65 bits per heavy atom. The van der Waals surface area contributed by atoms with Crippen LogP contribution in [0, 0.1) is 0 Å². The van der Waals surface area contributed by atoms with Crippen molar-refractivity contribution in [2.45, 2.75) is 6.18 Å². The minimum absolute atomic E-state index is 0.0181. The molecule has 0 unspecified atom stereocenters. The van der Waals surface area contributed by atoms with Gasteiger partial charge in [0.05, 0.1) is 28.3 Å². The van der Waals surface area contributed by atoms with E-state index in [0.29, 0.717) is 11.2 Å². The van der Waals surface area contributed by atoms with E-state index in [9.17, 15) is 18.0 Å². The minimum atomic E-state index is -4.59. The van der Waals surface area contributed by atoms with Crippen LogP contribution in [-0.4, -0.2) is 17.4 Å². The number of rotatable bonds is 4. The SMILES string of the molecule is O=C(CNc1cccc2cccnc12)Nc1ccc(Cl)c(C(F)(F)F)c1. The molecule has 8 heteroatoms. The second-order valence-corrected chi connectivity index (χ2v) is 5.88. The van der Waals surface area contributed by atoms with E-state index in [4.69, 9.17) is 11.6 Å². The monoisotopic (exact) mass is 379 g/mol. The molecule has 3 rings (SSSR count). The molecule has 1 amide bonds. The van der Waals surface area contributed by atoms with Crippen LogP contribution >= 0.6 is 11.6 Å². The van der Waals surface area contributed by atoms with Gasteiger partial charge in [0.25, 0.3) is 0 Å². The molecule has 1 aromatic heterocycles. The lowest BCUT2D eigenvalue weighted by atomic mass is 10.2. The lowest BCUT2D eigenvalue weighted by Gasteiger charge is -2.12. The number of fused-ring (bicyclic) bond motifs is 1. The molecule has 3 aromatic rings. The Morgan fingerprint density at radius 1 is 1.12 bits per heavy atom. The van der Waals surface area contributed by atoms with Gasteiger partial charge in [-0.05, 0) is 30.3 Å². The fraction of sp³-hybridized carbons (Fsp3) is 0.111. The second-order valence-electron chi connectivity index (χ2n) is 5.47. The molecule has 4 nitrogen and oxygen atoms in total. The van der Waals surface area contributed by atoms with E-state index in [1.165, 1.54) is 6.07 Å². The van der Waals surface area contributed by atoms with Gasteiger partial charge in [0.2, 0.25) is 5.91 Å². The van der Waals surface area contributed by atoms with Crippen LogP contribution in [0.25, 0.3) is 10.9 Å². The molecule has 26 heavy (non-hydrogen) atoms. The number of halogens is 4. The van der Waals surface area contributed by atoms with Crippen LogP contribution in [0.1, 0.15) is 5.56 Å². The number of benzene rings is 2. The zero-order chi connectivity index (χ0) is 18.7. The van der Waals surface area contributed by atoms with Crippen molar-refractivity contribution >= 4 is 39.8 Å². The van der Waals surface area contributed by atoms with Gasteiger partial charge in [-0.2, -0.15) is 13.2 Å². The number of carbonyl (C=O) groups is 1. The van der Waals surface area contributed by atoms with Crippen molar-refractivity contribution < 1.29 is 18.0 Å². The third-order valence-corrected chi connectivity index (χ3v) is 3.96. The quantitative estimate of drug-likeness (QED) is 0.673. The van der Waals surface area contributed by atoms with Gasteiger partial charge in [-0.1, -0.05) is 29.8 Å². The zero-order valence-corrected chi connectivity index (χ0v) is 14.0. The Labute approximate surface area is 152 Å². The Morgan fingerprint density at radius 2 is 1.88 bits per heavy atom. The fourth-order valence-electron chi connectivity index (χ4n) is 2.45. The molecule has 0 saturated carbocycles. The number of nitrogens with one attached hydrogen (secondary N) is 2. The van der Waals surface area contributed by atoms with E-state index in [-0.39, 0.29) is 12.2 Å². The third kappa shape index (κ3) is 4.05. The Bertz CT molecular complexity index is 955. The van der Waals surface area contributed by atoms with Gasteiger partial charge < -0.3 is 10.6 Å². The predicted octanol–water partition coefficient (Wildman–Crippen LogP) is 4.96. The number of aromatic nitrogens is 1. The van der Waals surface area contributed by atoms with Gasteiger partial charge in [-0.25, -0.2) is 0 Å². The average Bonchev–Trinajstić information content (AvgIpc) is 2.60. The molecular weight excluding hydrogens is 367 g/mol. The first kappa shape index (κ1) is 18.0. The van der Waals surface area contributed by atoms with Gasteiger partial charge in [0, 0.05) is 17.3 Å². The number of amides is 1. The van der Waals surface area contributed by atoms with Gasteiger partial charge in [-0.3, -0.25) is 9.78 Å².